The molecule has 0 amide bonds. The second-order valence-corrected chi connectivity index (χ2v) is 5.31. The van der Waals surface area contributed by atoms with E-state index in [1.807, 2.05) is 0 Å². The quantitative estimate of drug-likeness (QED) is 0.809. The first kappa shape index (κ1) is 14.5. The van der Waals surface area contributed by atoms with Gasteiger partial charge in [-0.25, -0.2) is 14.2 Å². The first-order valence-corrected chi connectivity index (χ1v) is 6.99. The topological polar surface area (TPSA) is 42.4 Å². The number of rotatable bonds is 4. The Balaban J connectivity index is 2.32. The number of hydrogen-bond donors (Lipinski definition) is 0. The number of esters is 1. The number of ether oxygens (including phenoxy) is 1. The predicted octanol–water partition coefficient (Wildman–Crippen LogP) is 3.54. The van der Waals surface area contributed by atoms with Crippen LogP contribution in [0, 0.1) is 12.7 Å². The third-order valence-corrected chi connectivity index (χ3v) is 3.80. The average Bonchev–Trinajstić information content (AvgIpc) is 2.81. The molecule has 106 valence electrons. The molecular formula is C14H15FN2O2S. The zero-order chi connectivity index (χ0) is 14.7. The molecule has 1 aromatic heterocycles. The fourth-order valence-corrected chi connectivity index (χ4v) is 2.61. The number of nitrogens with zero attached hydrogens (tertiary/aromatic N) is 2. The van der Waals surface area contributed by atoms with Crippen molar-refractivity contribution < 1.29 is 13.9 Å². The van der Waals surface area contributed by atoms with Crippen molar-refractivity contribution in [1.82, 2.24) is 4.98 Å². The van der Waals surface area contributed by atoms with E-state index in [0.717, 1.165) is 4.88 Å². The minimum Gasteiger partial charge on any atom is -0.461 e. The Morgan fingerprint density at radius 1 is 1.45 bits per heavy atom. The lowest BCUT2D eigenvalue weighted by atomic mass is 10.3. The molecule has 20 heavy (non-hydrogen) atoms. The summed E-state index contributed by atoms with van der Waals surface area (Å²) in [6, 6.07) is 6.43. The first-order valence-electron chi connectivity index (χ1n) is 6.17. The van der Waals surface area contributed by atoms with E-state index < -0.39 is 5.97 Å². The highest BCUT2D eigenvalue weighted by molar-refractivity contribution is 7.15. The van der Waals surface area contributed by atoms with E-state index in [9.17, 15) is 9.18 Å². The summed E-state index contributed by atoms with van der Waals surface area (Å²) in [6.45, 7) is 3.84. The minimum atomic E-state index is -0.450. The van der Waals surface area contributed by atoms with Gasteiger partial charge in [-0.1, -0.05) is 12.1 Å². The maximum atomic E-state index is 13.8. The summed E-state index contributed by atoms with van der Waals surface area (Å²) in [5.41, 5.74) is 0.701. The van der Waals surface area contributed by atoms with Crippen molar-refractivity contribution in [3.8, 4) is 0 Å². The van der Waals surface area contributed by atoms with E-state index in [1.165, 1.54) is 17.4 Å². The molecule has 1 aromatic carbocycles. The molecule has 0 saturated carbocycles. The molecule has 0 atom stereocenters. The number of benzene rings is 1. The molecule has 2 aromatic rings. The fraction of sp³-hybridized carbons (Fsp3) is 0.286. The molecule has 6 heteroatoms. The van der Waals surface area contributed by atoms with Gasteiger partial charge in [0.1, 0.15) is 5.82 Å². The number of carbonyl (C=O) groups excluding carboxylic acids is 1. The van der Waals surface area contributed by atoms with Gasteiger partial charge in [-0.2, -0.15) is 0 Å². The van der Waals surface area contributed by atoms with Gasteiger partial charge >= 0.3 is 5.97 Å². The number of hydrogen-bond acceptors (Lipinski definition) is 5. The van der Waals surface area contributed by atoms with Crippen LogP contribution in [0.4, 0.5) is 15.2 Å². The molecule has 0 aliphatic rings. The molecule has 0 unspecified atom stereocenters. The molecule has 0 N–H and O–H groups in total. The summed E-state index contributed by atoms with van der Waals surface area (Å²) in [7, 11) is 1.71. The Hall–Kier alpha value is -1.95. The molecule has 1 heterocycles. The standard InChI is InChI=1S/C14H15FN2O2S/c1-4-19-13(18)12-9(2)20-14(16-12)17(3)11-8-6-5-7-10(11)15/h5-8H,4H2,1-3H3. The SMILES string of the molecule is CCOC(=O)c1nc(N(C)c2ccccc2F)sc1C. The molecule has 0 bridgehead atoms. The highest BCUT2D eigenvalue weighted by Crippen LogP contribution is 2.31. The van der Waals surface area contributed by atoms with Gasteiger partial charge < -0.3 is 9.64 Å². The van der Waals surface area contributed by atoms with Crippen LogP contribution in [-0.2, 0) is 4.74 Å². The lowest BCUT2D eigenvalue weighted by Gasteiger charge is -2.16. The summed E-state index contributed by atoms with van der Waals surface area (Å²) in [4.78, 5) is 18.4. The second-order valence-electron chi connectivity index (χ2n) is 4.13. The lowest BCUT2D eigenvalue weighted by molar-refractivity contribution is 0.0519. The Labute approximate surface area is 120 Å². The summed E-state index contributed by atoms with van der Waals surface area (Å²) in [5, 5.41) is 0.552. The van der Waals surface area contributed by atoms with Gasteiger partial charge in [0.15, 0.2) is 10.8 Å². The Bertz CT molecular complexity index is 627. The van der Waals surface area contributed by atoms with Crippen molar-refractivity contribution in [2.75, 3.05) is 18.6 Å². The Morgan fingerprint density at radius 3 is 2.80 bits per heavy atom. The zero-order valence-corrected chi connectivity index (χ0v) is 12.3. The van der Waals surface area contributed by atoms with Crippen molar-refractivity contribution in [3.63, 3.8) is 0 Å². The molecular weight excluding hydrogens is 279 g/mol. The number of thiazole rings is 1. The van der Waals surface area contributed by atoms with Crippen LogP contribution in [0.3, 0.4) is 0 Å². The van der Waals surface area contributed by atoms with E-state index in [-0.39, 0.29) is 11.5 Å². The molecule has 0 saturated heterocycles. The van der Waals surface area contributed by atoms with Gasteiger partial charge in [-0.3, -0.25) is 0 Å². The third-order valence-electron chi connectivity index (χ3n) is 2.75. The maximum Gasteiger partial charge on any atom is 0.358 e. The van der Waals surface area contributed by atoms with Crippen LogP contribution in [0.5, 0.6) is 0 Å². The average molecular weight is 294 g/mol. The van der Waals surface area contributed by atoms with E-state index in [2.05, 4.69) is 4.98 Å². The highest BCUT2D eigenvalue weighted by atomic mass is 32.1. The minimum absolute atomic E-state index is 0.287. The van der Waals surface area contributed by atoms with Crippen molar-refractivity contribution in [3.05, 3.63) is 40.7 Å². The summed E-state index contributed by atoms with van der Waals surface area (Å²) < 4.78 is 18.7. The van der Waals surface area contributed by atoms with Crippen LogP contribution in [0.1, 0.15) is 22.3 Å². The fourth-order valence-electron chi connectivity index (χ4n) is 1.74. The number of halogens is 1. The normalized spacial score (nSPS) is 10.4. The van der Waals surface area contributed by atoms with Crippen molar-refractivity contribution in [2.45, 2.75) is 13.8 Å². The molecule has 0 radical (unpaired) electrons. The Morgan fingerprint density at radius 2 is 2.15 bits per heavy atom. The number of para-hydroxylation sites is 1. The van der Waals surface area contributed by atoms with Crippen LogP contribution < -0.4 is 4.90 Å². The van der Waals surface area contributed by atoms with E-state index in [0.29, 0.717) is 17.4 Å². The predicted molar refractivity (Wildman–Crippen MR) is 77.3 cm³/mol. The number of aromatic nitrogens is 1. The van der Waals surface area contributed by atoms with Crippen LogP contribution in [0.25, 0.3) is 0 Å². The smallest absolute Gasteiger partial charge is 0.358 e. The number of aryl methyl sites for hydroxylation is 1. The maximum absolute atomic E-state index is 13.8. The number of anilines is 2. The summed E-state index contributed by atoms with van der Waals surface area (Å²) in [6.07, 6.45) is 0. The zero-order valence-electron chi connectivity index (χ0n) is 11.5. The molecule has 0 spiro atoms. The monoisotopic (exact) mass is 294 g/mol. The number of carbonyl (C=O) groups is 1. The lowest BCUT2D eigenvalue weighted by Crippen LogP contribution is -2.12. The second kappa shape index (κ2) is 6.00. The molecule has 4 nitrogen and oxygen atoms in total. The van der Waals surface area contributed by atoms with Crippen molar-refractivity contribution >= 4 is 28.1 Å². The van der Waals surface area contributed by atoms with Crippen LogP contribution in [0.2, 0.25) is 0 Å². The molecule has 0 aliphatic heterocycles. The van der Waals surface area contributed by atoms with E-state index in [1.54, 1.807) is 44.0 Å². The van der Waals surface area contributed by atoms with Crippen molar-refractivity contribution in [2.24, 2.45) is 0 Å². The summed E-state index contributed by atoms with van der Waals surface area (Å²) >= 11 is 1.33. The van der Waals surface area contributed by atoms with Gasteiger partial charge in [-0.05, 0) is 26.0 Å². The van der Waals surface area contributed by atoms with Gasteiger partial charge in [-0.15, -0.1) is 11.3 Å². The Kier molecular flexibility index (Phi) is 4.34. The van der Waals surface area contributed by atoms with E-state index in [4.69, 9.17) is 4.74 Å². The van der Waals surface area contributed by atoms with E-state index >= 15 is 0 Å². The van der Waals surface area contributed by atoms with Gasteiger partial charge in [0.05, 0.1) is 12.3 Å². The van der Waals surface area contributed by atoms with Crippen LogP contribution in [0.15, 0.2) is 24.3 Å². The molecule has 0 fully saturated rings. The van der Waals surface area contributed by atoms with Gasteiger partial charge in [0.2, 0.25) is 0 Å². The largest absolute Gasteiger partial charge is 0.461 e. The van der Waals surface area contributed by atoms with Gasteiger partial charge in [0, 0.05) is 11.9 Å². The van der Waals surface area contributed by atoms with Crippen LogP contribution in [-0.4, -0.2) is 24.6 Å². The highest BCUT2D eigenvalue weighted by Gasteiger charge is 2.20. The van der Waals surface area contributed by atoms with Gasteiger partial charge in [0.25, 0.3) is 0 Å². The molecule has 0 aliphatic carbocycles. The third kappa shape index (κ3) is 2.80. The first-order chi connectivity index (χ1) is 9.54. The van der Waals surface area contributed by atoms with Crippen LogP contribution >= 0.6 is 11.3 Å². The van der Waals surface area contributed by atoms with Crippen molar-refractivity contribution in [1.29, 1.82) is 0 Å². The summed E-state index contributed by atoms with van der Waals surface area (Å²) in [5.74, 6) is -0.782. The molecule has 2 rings (SSSR count).